The van der Waals surface area contributed by atoms with Crippen LogP contribution in [0.4, 0.5) is 10.1 Å². The largest absolute Gasteiger partial charge is 0.369 e. The summed E-state index contributed by atoms with van der Waals surface area (Å²) in [5.41, 5.74) is 0.508. The maximum absolute atomic E-state index is 13.3. The molecule has 0 saturated heterocycles. The van der Waals surface area contributed by atoms with Crippen LogP contribution in [0.5, 0.6) is 0 Å². The van der Waals surface area contributed by atoms with E-state index in [1.165, 1.54) is 6.07 Å². The lowest BCUT2D eigenvalue weighted by Crippen LogP contribution is -2.23. The molecule has 0 bridgehead atoms. The molecule has 0 spiro atoms. The zero-order valence-electron chi connectivity index (χ0n) is 7.85. The van der Waals surface area contributed by atoms with Gasteiger partial charge in [-0.25, -0.2) is 4.39 Å². The molecule has 0 N–H and O–H groups in total. The van der Waals surface area contributed by atoms with Crippen molar-refractivity contribution in [3.63, 3.8) is 0 Å². The molecule has 0 radical (unpaired) electrons. The van der Waals surface area contributed by atoms with Gasteiger partial charge in [0.25, 0.3) is 0 Å². The van der Waals surface area contributed by atoms with E-state index in [1.807, 2.05) is 18.7 Å². The van der Waals surface area contributed by atoms with Crippen LogP contribution < -0.4 is 4.90 Å². The molecular formula is C10H13ClFN. The van der Waals surface area contributed by atoms with E-state index in [2.05, 4.69) is 0 Å². The fourth-order valence-corrected chi connectivity index (χ4v) is 1.61. The molecule has 72 valence electrons. The summed E-state index contributed by atoms with van der Waals surface area (Å²) in [5, 5.41) is 0.476. The van der Waals surface area contributed by atoms with E-state index in [-0.39, 0.29) is 5.82 Å². The maximum atomic E-state index is 13.3. The van der Waals surface area contributed by atoms with E-state index in [9.17, 15) is 4.39 Å². The Morgan fingerprint density at radius 3 is 2.38 bits per heavy atom. The van der Waals surface area contributed by atoms with Crippen LogP contribution in [0.25, 0.3) is 0 Å². The average molecular weight is 202 g/mol. The van der Waals surface area contributed by atoms with Crippen molar-refractivity contribution in [3.8, 4) is 0 Å². The second-order valence-electron chi connectivity index (χ2n) is 2.74. The highest BCUT2D eigenvalue weighted by atomic mass is 35.5. The first-order chi connectivity index (χ1) is 6.20. The molecule has 1 aromatic rings. The van der Waals surface area contributed by atoms with Gasteiger partial charge < -0.3 is 4.90 Å². The summed E-state index contributed by atoms with van der Waals surface area (Å²) < 4.78 is 13.3. The van der Waals surface area contributed by atoms with Gasteiger partial charge in [0.2, 0.25) is 0 Å². The molecule has 0 amide bonds. The molecule has 1 rings (SSSR count). The van der Waals surface area contributed by atoms with Crippen LogP contribution >= 0.6 is 11.6 Å². The lowest BCUT2D eigenvalue weighted by atomic mass is 10.2. The number of para-hydroxylation sites is 1. The number of rotatable bonds is 3. The van der Waals surface area contributed by atoms with Crippen LogP contribution in [0.1, 0.15) is 13.8 Å². The van der Waals surface area contributed by atoms with Crippen molar-refractivity contribution < 1.29 is 4.39 Å². The van der Waals surface area contributed by atoms with Gasteiger partial charge >= 0.3 is 0 Å². The van der Waals surface area contributed by atoms with Gasteiger partial charge in [0.1, 0.15) is 5.82 Å². The van der Waals surface area contributed by atoms with E-state index >= 15 is 0 Å². The van der Waals surface area contributed by atoms with Gasteiger partial charge in [-0.05, 0) is 26.0 Å². The van der Waals surface area contributed by atoms with Crippen molar-refractivity contribution in [1.29, 1.82) is 0 Å². The second kappa shape index (κ2) is 4.47. The molecule has 0 fully saturated rings. The Kier molecular flexibility index (Phi) is 3.55. The van der Waals surface area contributed by atoms with Gasteiger partial charge in [-0.2, -0.15) is 0 Å². The quantitative estimate of drug-likeness (QED) is 0.725. The van der Waals surface area contributed by atoms with Crippen molar-refractivity contribution in [1.82, 2.24) is 0 Å². The van der Waals surface area contributed by atoms with Crippen LogP contribution in [0.15, 0.2) is 18.2 Å². The summed E-state index contributed by atoms with van der Waals surface area (Å²) in [6.45, 7) is 5.48. The lowest BCUT2D eigenvalue weighted by molar-refractivity contribution is 0.620. The Morgan fingerprint density at radius 1 is 1.31 bits per heavy atom. The molecule has 0 saturated carbocycles. The fraction of sp³-hybridized carbons (Fsp3) is 0.400. The topological polar surface area (TPSA) is 3.24 Å². The standard InChI is InChI=1S/C10H13ClFN/c1-3-13(4-2)10-8(11)6-5-7-9(10)12/h5-7H,3-4H2,1-2H3. The number of hydrogen-bond acceptors (Lipinski definition) is 1. The highest BCUT2D eigenvalue weighted by molar-refractivity contribution is 6.33. The fourth-order valence-electron chi connectivity index (χ4n) is 1.33. The normalized spacial score (nSPS) is 10.2. The van der Waals surface area contributed by atoms with Crippen LogP contribution in [0, 0.1) is 5.82 Å². The van der Waals surface area contributed by atoms with Crippen LogP contribution in [-0.2, 0) is 0 Å². The molecular weight excluding hydrogens is 189 g/mol. The molecule has 0 atom stereocenters. The predicted octanol–water partition coefficient (Wildman–Crippen LogP) is 3.33. The summed E-state index contributed by atoms with van der Waals surface area (Å²) in [5.74, 6) is -0.254. The summed E-state index contributed by atoms with van der Waals surface area (Å²) in [4.78, 5) is 1.90. The minimum atomic E-state index is -0.254. The molecule has 13 heavy (non-hydrogen) atoms. The molecule has 3 heteroatoms. The number of benzene rings is 1. The molecule has 1 aromatic carbocycles. The Morgan fingerprint density at radius 2 is 1.92 bits per heavy atom. The van der Waals surface area contributed by atoms with E-state index < -0.39 is 0 Å². The average Bonchev–Trinajstić information content (AvgIpc) is 2.11. The first-order valence-corrected chi connectivity index (χ1v) is 4.77. The molecule has 0 aliphatic heterocycles. The number of halogens is 2. The molecule has 0 aromatic heterocycles. The van der Waals surface area contributed by atoms with E-state index in [0.717, 1.165) is 13.1 Å². The Labute approximate surface area is 83.1 Å². The minimum absolute atomic E-state index is 0.254. The minimum Gasteiger partial charge on any atom is -0.369 e. The van der Waals surface area contributed by atoms with Crippen molar-refractivity contribution in [3.05, 3.63) is 29.0 Å². The third-order valence-electron chi connectivity index (χ3n) is 2.02. The summed E-state index contributed by atoms with van der Waals surface area (Å²) in [6.07, 6.45) is 0. The molecule has 1 nitrogen and oxygen atoms in total. The monoisotopic (exact) mass is 201 g/mol. The van der Waals surface area contributed by atoms with Gasteiger partial charge in [-0.3, -0.25) is 0 Å². The molecule has 0 aliphatic rings. The third kappa shape index (κ3) is 2.13. The van der Waals surface area contributed by atoms with Gasteiger partial charge in [0, 0.05) is 13.1 Å². The van der Waals surface area contributed by atoms with E-state index in [4.69, 9.17) is 11.6 Å². The molecule has 0 unspecified atom stereocenters. The number of hydrogen-bond donors (Lipinski definition) is 0. The second-order valence-corrected chi connectivity index (χ2v) is 3.15. The molecule has 0 heterocycles. The first-order valence-electron chi connectivity index (χ1n) is 4.39. The SMILES string of the molecule is CCN(CC)c1c(F)cccc1Cl. The zero-order chi connectivity index (χ0) is 9.84. The van der Waals surface area contributed by atoms with Crippen LogP contribution in [0.3, 0.4) is 0 Å². The molecule has 0 aliphatic carbocycles. The number of nitrogens with zero attached hydrogens (tertiary/aromatic N) is 1. The maximum Gasteiger partial charge on any atom is 0.148 e. The predicted molar refractivity (Wildman–Crippen MR) is 55.0 cm³/mol. The van der Waals surface area contributed by atoms with Crippen molar-refractivity contribution in [2.24, 2.45) is 0 Å². The Bertz CT molecular complexity index is 264. The highest BCUT2D eigenvalue weighted by Gasteiger charge is 2.11. The number of anilines is 1. The van der Waals surface area contributed by atoms with Crippen molar-refractivity contribution in [2.75, 3.05) is 18.0 Å². The van der Waals surface area contributed by atoms with Crippen LogP contribution in [0.2, 0.25) is 5.02 Å². The highest BCUT2D eigenvalue weighted by Crippen LogP contribution is 2.28. The van der Waals surface area contributed by atoms with Gasteiger partial charge in [0.15, 0.2) is 0 Å². The van der Waals surface area contributed by atoms with E-state index in [1.54, 1.807) is 12.1 Å². The first kappa shape index (κ1) is 10.3. The lowest BCUT2D eigenvalue weighted by Gasteiger charge is -2.22. The van der Waals surface area contributed by atoms with Crippen molar-refractivity contribution >= 4 is 17.3 Å². The van der Waals surface area contributed by atoms with Gasteiger partial charge in [-0.15, -0.1) is 0 Å². The van der Waals surface area contributed by atoms with Crippen LogP contribution in [-0.4, -0.2) is 13.1 Å². The zero-order valence-corrected chi connectivity index (χ0v) is 8.61. The van der Waals surface area contributed by atoms with Gasteiger partial charge in [0.05, 0.1) is 10.7 Å². The van der Waals surface area contributed by atoms with Crippen molar-refractivity contribution in [2.45, 2.75) is 13.8 Å². The van der Waals surface area contributed by atoms with E-state index in [0.29, 0.717) is 10.7 Å². The summed E-state index contributed by atoms with van der Waals surface area (Å²) >= 11 is 5.90. The summed E-state index contributed by atoms with van der Waals surface area (Å²) in [7, 11) is 0. The Balaban J connectivity index is 3.10. The smallest absolute Gasteiger partial charge is 0.148 e. The summed E-state index contributed by atoms with van der Waals surface area (Å²) in [6, 6.07) is 4.75. The van der Waals surface area contributed by atoms with Gasteiger partial charge in [-0.1, -0.05) is 17.7 Å². The third-order valence-corrected chi connectivity index (χ3v) is 2.32. The Hall–Kier alpha value is -0.760.